The number of piperazine rings is 1. The maximum absolute atomic E-state index is 12.6. The number of rotatable bonds is 10. The summed E-state index contributed by atoms with van der Waals surface area (Å²) in [4.78, 5) is 35.2. The number of guanidine groups is 1. The van der Waals surface area contributed by atoms with Gasteiger partial charge in [-0.3, -0.25) is 14.6 Å². The number of benzene rings is 1. The quantitative estimate of drug-likeness (QED) is 0.435. The number of nitrogens with one attached hydrogen (secondary N) is 2. The fourth-order valence-corrected chi connectivity index (χ4v) is 3.64. The molecule has 1 saturated heterocycles. The second-order valence-corrected chi connectivity index (χ2v) is 7.46. The summed E-state index contributed by atoms with van der Waals surface area (Å²) in [5, 5.41) is 6.36. The minimum Gasteiger partial charge on any atom is -0.368 e. The monoisotopic (exact) mass is 430 g/mol. The van der Waals surface area contributed by atoms with Crippen molar-refractivity contribution < 1.29 is 9.59 Å². The van der Waals surface area contributed by atoms with E-state index in [1.807, 2.05) is 48.8 Å². The van der Waals surface area contributed by atoms with Crippen LogP contribution in [0.1, 0.15) is 33.6 Å². The van der Waals surface area contributed by atoms with Crippen molar-refractivity contribution in [2.24, 2.45) is 4.99 Å². The summed E-state index contributed by atoms with van der Waals surface area (Å²) in [7, 11) is 0. The van der Waals surface area contributed by atoms with Gasteiger partial charge in [0.15, 0.2) is 5.96 Å². The lowest BCUT2D eigenvalue weighted by molar-refractivity contribution is -0.131. The highest BCUT2D eigenvalue weighted by Gasteiger charge is 2.20. The van der Waals surface area contributed by atoms with Gasteiger partial charge >= 0.3 is 0 Å². The van der Waals surface area contributed by atoms with Crippen molar-refractivity contribution in [1.29, 1.82) is 0 Å². The van der Waals surface area contributed by atoms with Gasteiger partial charge in [-0.05, 0) is 32.9 Å². The lowest BCUT2D eigenvalue weighted by atomic mass is 10.2. The molecule has 8 nitrogen and oxygen atoms in total. The lowest BCUT2D eigenvalue weighted by Crippen LogP contribution is -2.49. The molecule has 0 bridgehead atoms. The lowest BCUT2D eigenvalue weighted by Gasteiger charge is -2.36. The molecule has 31 heavy (non-hydrogen) atoms. The molecule has 2 amide bonds. The van der Waals surface area contributed by atoms with Crippen molar-refractivity contribution in [3.8, 4) is 0 Å². The first-order valence-electron chi connectivity index (χ1n) is 11.5. The molecule has 1 aliphatic heterocycles. The van der Waals surface area contributed by atoms with Gasteiger partial charge in [-0.1, -0.05) is 18.2 Å². The molecule has 172 valence electrons. The highest BCUT2D eigenvalue weighted by Crippen LogP contribution is 2.15. The molecule has 2 rings (SSSR count). The molecule has 1 aliphatic rings. The summed E-state index contributed by atoms with van der Waals surface area (Å²) < 4.78 is 0. The molecular weight excluding hydrogens is 392 g/mol. The van der Waals surface area contributed by atoms with Crippen LogP contribution in [0.3, 0.4) is 0 Å². The molecule has 0 atom stereocenters. The zero-order valence-corrected chi connectivity index (χ0v) is 19.3. The number of carbonyl (C=O) groups is 2. The topological polar surface area (TPSA) is 80.3 Å². The van der Waals surface area contributed by atoms with Crippen LogP contribution >= 0.6 is 0 Å². The summed E-state index contributed by atoms with van der Waals surface area (Å²) in [6, 6.07) is 10.3. The molecule has 0 aromatic heterocycles. The van der Waals surface area contributed by atoms with Gasteiger partial charge in [0.05, 0.1) is 6.54 Å². The van der Waals surface area contributed by atoms with Crippen molar-refractivity contribution in [3.63, 3.8) is 0 Å². The summed E-state index contributed by atoms with van der Waals surface area (Å²) in [6.45, 7) is 12.3. The van der Waals surface area contributed by atoms with Crippen LogP contribution in [-0.4, -0.2) is 86.5 Å². The molecule has 1 aromatic carbocycles. The van der Waals surface area contributed by atoms with E-state index < -0.39 is 0 Å². The van der Waals surface area contributed by atoms with E-state index in [2.05, 4.69) is 32.7 Å². The highest BCUT2D eigenvalue weighted by molar-refractivity contribution is 5.82. The molecule has 1 fully saturated rings. The zero-order chi connectivity index (χ0) is 22.5. The van der Waals surface area contributed by atoms with Gasteiger partial charge in [-0.25, -0.2) is 0 Å². The van der Waals surface area contributed by atoms with E-state index in [0.29, 0.717) is 31.9 Å². The van der Waals surface area contributed by atoms with Crippen LogP contribution in [0.4, 0.5) is 5.69 Å². The van der Waals surface area contributed by atoms with Crippen molar-refractivity contribution in [2.75, 3.05) is 63.8 Å². The molecule has 0 saturated carbocycles. The maximum Gasteiger partial charge on any atom is 0.224 e. The third-order valence-corrected chi connectivity index (χ3v) is 5.44. The standard InChI is InChI=1S/C23H38N6O2/c1-4-24-23(25-14-12-21(30)27(5-2)6-3)26-15-13-22(31)29-18-16-28(17-19-29)20-10-8-7-9-11-20/h7-11H,4-6,12-19H2,1-3H3,(H2,24,25,26). The van der Waals surface area contributed by atoms with Crippen LogP contribution in [0.5, 0.6) is 0 Å². The fourth-order valence-electron chi connectivity index (χ4n) is 3.64. The SMILES string of the molecule is CCNC(=NCCC(=O)N1CCN(c2ccccc2)CC1)NCCC(=O)N(CC)CC. The first-order valence-corrected chi connectivity index (χ1v) is 11.5. The van der Waals surface area contributed by atoms with E-state index in [9.17, 15) is 9.59 Å². The zero-order valence-electron chi connectivity index (χ0n) is 19.3. The predicted molar refractivity (Wildman–Crippen MR) is 126 cm³/mol. The van der Waals surface area contributed by atoms with Gasteiger partial charge in [-0.2, -0.15) is 0 Å². The number of hydrogen-bond acceptors (Lipinski definition) is 4. The van der Waals surface area contributed by atoms with Crippen LogP contribution < -0.4 is 15.5 Å². The molecule has 1 aromatic rings. The fraction of sp³-hybridized carbons (Fsp3) is 0.609. The Morgan fingerprint density at radius 1 is 0.968 bits per heavy atom. The summed E-state index contributed by atoms with van der Waals surface area (Å²) in [5.41, 5.74) is 1.21. The minimum atomic E-state index is 0.137. The number of carbonyl (C=O) groups excluding carboxylic acids is 2. The van der Waals surface area contributed by atoms with Gasteiger partial charge in [0.2, 0.25) is 11.8 Å². The van der Waals surface area contributed by atoms with Gasteiger partial charge in [0, 0.05) is 70.9 Å². The van der Waals surface area contributed by atoms with E-state index in [1.54, 1.807) is 0 Å². The average Bonchev–Trinajstić information content (AvgIpc) is 2.80. The number of nitrogens with zero attached hydrogens (tertiary/aromatic N) is 4. The maximum atomic E-state index is 12.6. The van der Waals surface area contributed by atoms with E-state index in [0.717, 1.165) is 45.8 Å². The van der Waals surface area contributed by atoms with Gasteiger partial charge in [-0.15, -0.1) is 0 Å². The summed E-state index contributed by atoms with van der Waals surface area (Å²) in [5.74, 6) is 0.929. The van der Waals surface area contributed by atoms with Crippen molar-refractivity contribution >= 4 is 23.5 Å². The van der Waals surface area contributed by atoms with Crippen molar-refractivity contribution in [1.82, 2.24) is 20.4 Å². The highest BCUT2D eigenvalue weighted by atomic mass is 16.2. The van der Waals surface area contributed by atoms with E-state index in [1.165, 1.54) is 5.69 Å². The van der Waals surface area contributed by atoms with Crippen LogP contribution in [0.25, 0.3) is 0 Å². The number of anilines is 1. The molecule has 0 unspecified atom stereocenters. The Kier molecular flexibility index (Phi) is 10.7. The van der Waals surface area contributed by atoms with E-state index >= 15 is 0 Å². The smallest absolute Gasteiger partial charge is 0.224 e. The number of hydrogen-bond donors (Lipinski definition) is 2. The molecule has 1 heterocycles. The van der Waals surface area contributed by atoms with E-state index in [-0.39, 0.29) is 11.8 Å². The van der Waals surface area contributed by atoms with Crippen molar-refractivity contribution in [2.45, 2.75) is 33.6 Å². The molecule has 0 spiro atoms. The Balaban J connectivity index is 1.73. The molecule has 2 N–H and O–H groups in total. The first-order chi connectivity index (χ1) is 15.1. The largest absolute Gasteiger partial charge is 0.368 e. The van der Waals surface area contributed by atoms with E-state index in [4.69, 9.17) is 0 Å². The predicted octanol–water partition coefficient (Wildman–Crippen LogP) is 1.54. The number of aliphatic imine (C=N–C) groups is 1. The number of amides is 2. The Hall–Kier alpha value is -2.77. The Morgan fingerprint density at radius 2 is 1.65 bits per heavy atom. The van der Waals surface area contributed by atoms with Crippen LogP contribution in [0, 0.1) is 0 Å². The minimum absolute atomic E-state index is 0.137. The summed E-state index contributed by atoms with van der Waals surface area (Å²) in [6.07, 6.45) is 0.816. The van der Waals surface area contributed by atoms with Crippen molar-refractivity contribution in [3.05, 3.63) is 30.3 Å². The first kappa shape index (κ1) is 24.5. The van der Waals surface area contributed by atoms with Gasteiger partial charge in [0.25, 0.3) is 0 Å². The molecule has 0 radical (unpaired) electrons. The van der Waals surface area contributed by atoms with Gasteiger partial charge < -0.3 is 25.3 Å². The third kappa shape index (κ3) is 8.11. The Bertz CT molecular complexity index is 697. The van der Waals surface area contributed by atoms with Gasteiger partial charge in [0.1, 0.15) is 0 Å². The molecular formula is C23H38N6O2. The number of para-hydroxylation sites is 1. The average molecular weight is 431 g/mol. The normalized spacial score (nSPS) is 14.4. The van der Waals surface area contributed by atoms with Crippen LogP contribution in [-0.2, 0) is 9.59 Å². The summed E-state index contributed by atoms with van der Waals surface area (Å²) >= 11 is 0. The Labute approximate surface area is 186 Å². The Morgan fingerprint density at radius 3 is 2.26 bits per heavy atom. The van der Waals surface area contributed by atoms with Crippen LogP contribution in [0.15, 0.2) is 35.3 Å². The molecule has 0 aliphatic carbocycles. The molecule has 8 heteroatoms. The second kappa shape index (κ2) is 13.5. The third-order valence-electron chi connectivity index (χ3n) is 5.44. The van der Waals surface area contributed by atoms with Crippen LogP contribution in [0.2, 0.25) is 0 Å². The second-order valence-electron chi connectivity index (χ2n) is 7.46.